The molecule has 0 N–H and O–H groups in total. The van der Waals surface area contributed by atoms with Crippen molar-refractivity contribution in [2.75, 3.05) is 6.61 Å². The predicted octanol–water partition coefficient (Wildman–Crippen LogP) is 4.88. The van der Waals surface area contributed by atoms with Crippen molar-refractivity contribution in [2.24, 2.45) is 0 Å². The van der Waals surface area contributed by atoms with Crippen LogP contribution in [0, 0.1) is 13.8 Å². The van der Waals surface area contributed by atoms with Gasteiger partial charge in [0.15, 0.2) is 0 Å². The predicted molar refractivity (Wildman–Crippen MR) is 101 cm³/mol. The highest BCUT2D eigenvalue weighted by Gasteiger charge is 2.23. The topological polar surface area (TPSA) is 48.3 Å². The highest BCUT2D eigenvalue weighted by molar-refractivity contribution is 7.90. The van der Waals surface area contributed by atoms with Gasteiger partial charge in [0, 0.05) is 17.1 Å². The average Bonchev–Trinajstić information content (AvgIpc) is 3.07. The normalized spacial score (nSPS) is 12.1. The molecule has 3 rings (SSSR count). The molecule has 1 aromatic heterocycles. The van der Waals surface area contributed by atoms with Crippen LogP contribution in [0.25, 0.3) is 10.9 Å². The summed E-state index contributed by atoms with van der Waals surface area (Å²) in [5, 5.41) is 0.560. The standard InChI is InChI=1S/C19H18ClF2NO3S/c1-12-3-5-14(6-4-12)27(24,25)23-8-7-15-16(10-20)17(26-11-18(21)22)9-13(2)19(15)23/h3-9,18H,10-11H2,1-2H3. The molecular formula is C19H18ClF2NO3S. The maximum atomic E-state index is 13.1. The fourth-order valence-electron chi connectivity index (χ4n) is 2.97. The van der Waals surface area contributed by atoms with E-state index in [9.17, 15) is 17.2 Å². The van der Waals surface area contributed by atoms with E-state index < -0.39 is 23.1 Å². The Morgan fingerprint density at radius 2 is 1.81 bits per heavy atom. The van der Waals surface area contributed by atoms with Gasteiger partial charge in [-0.2, -0.15) is 0 Å². The zero-order chi connectivity index (χ0) is 19.8. The molecule has 2 aromatic carbocycles. The Hall–Kier alpha value is -2.12. The third-order valence-corrected chi connectivity index (χ3v) is 6.23. The van der Waals surface area contributed by atoms with Crippen LogP contribution in [-0.4, -0.2) is 25.4 Å². The number of aryl methyl sites for hydroxylation is 2. The Balaban J connectivity index is 2.18. The maximum absolute atomic E-state index is 13.1. The van der Waals surface area contributed by atoms with E-state index in [-0.39, 0.29) is 16.5 Å². The fourth-order valence-corrected chi connectivity index (χ4v) is 4.66. The fraction of sp³-hybridized carbons (Fsp3) is 0.263. The lowest BCUT2D eigenvalue weighted by atomic mass is 10.1. The minimum Gasteiger partial charge on any atom is -0.487 e. The zero-order valence-corrected chi connectivity index (χ0v) is 16.3. The first kappa shape index (κ1) is 19.6. The monoisotopic (exact) mass is 413 g/mol. The number of hydrogen-bond acceptors (Lipinski definition) is 3. The lowest BCUT2D eigenvalue weighted by molar-refractivity contribution is 0.0816. The van der Waals surface area contributed by atoms with Crippen LogP contribution in [0.1, 0.15) is 16.7 Å². The zero-order valence-electron chi connectivity index (χ0n) is 14.7. The number of aromatic nitrogens is 1. The van der Waals surface area contributed by atoms with Crippen LogP contribution in [0.4, 0.5) is 8.78 Å². The lowest BCUT2D eigenvalue weighted by Crippen LogP contribution is -2.13. The van der Waals surface area contributed by atoms with Gasteiger partial charge in [-0.25, -0.2) is 21.2 Å². The smallest absolute Gasteiger partial charge is 0.272 e. The molecule has 0 saturated heterocycles. The number of ether oxygens (including phenoxy) is 1. The van der Waals surface area contributed by atoms with Crippen LogP contribution in [0.15, 0.2) is 47.5 Å². The van der Waals surface area contributed by atoms with Crippen molar-refractivity contribution < 1.29 is 21.9 Å². The van der Waals surface area contributed by atoms with Gasteiger partial charge < -0.3 is 4.74 Å². The van der Waals surface area contributed by atoms with Crippen molar-refractivity contribution in [3.8, 4) is 5.75 Å². The summed E-state index contributed by atoms with van der Waals surface area (Å²) in [5.41, 5.74) is 2.47. The Bertz CT molecular complexity index is 1080. The van der Waals surface area contributed by atoms with Gasteiger partial charge in [0.05, 0.1) is 16.3 Å². The summed E-state index contributed by atoms with van der Waals surface area (Å²) in [6.45, 7) is 2.83. The number of alkyl halides is 3. The molecule has 0 fully saturated rings. The first-order valence-electron chi connectivity index (χ1n) is 8.18. The molecular weight excluding hydrogens is 396 g/mol. The molecule has 144 valence electrons. The van der Waals surface area contributed by atoms with Crippen molar-refractivity contribution >= 4 is 32.5 Å². The number of fused-ring (bicyclic) bond motifs is 1. The third kappa shape index (κ3) is 3.66. The second-order valence-electron chi connectivity index (χ2n) is 6.20. The Morgan fingerprint density at radius 1 is 1.15 bits per heavy atom. The molecule has 0 bridgehead atoms. The minimum absolute atomic E-state index is 0.00391. The highest BCUT2D eigenvalue weighted by atomic mass is 35.5. The van der Waals surface area contributed by atoms with Gasteiger partial charge in [-0.1, -0.05) is 17.7 Å². The molecule has 1 heterocycles. The van der Waals surface area contributed by atoms with Crippen molar-refractivity contribution in [1.82, 2.24) is 3.97 Å². The number of benzene rings is 2. The van der Waals surface area contributed by atoms with Gasteiger partial charge in [-0.15, -0.1) is 11.6 Å². The second kappa shape index (κ2) is 7.48. The molecule has 0 aliphatic rings. The number of nitrogens with zero attached hydrogens (tertiary/aromatic N) is 1. The highest BCUT2D eigenvalue weighted by Crippen LogP contribution is 2.35. The van der Waals surface area contributed by atoms with E-state index in [1.165, 1.54) is 10.2 Å². The number of rotatable bonds is 6. The lowest BCUT2D eigenvalue weighted by Gasteiger charge is -2.15. The summed E-state index contributed by atoms with van der Waals surface area (Å²) in [5.74, 6) is 0.241. The summed E-state index contributed by atoms with van der Waals surface area (Å²) < 4.78 is 57.5. The van der Waals surface area contributed by atoms with E-state index in [2.05, 4.69) is 0 Å². The average molecular weight is 414 g/mol. The van der Waals surface area contributed by atoms with E-state index in [4.69, 9.17) is 16.3 Å². The Morgan fingerprint density at radius 3 is 2.41 bits per heavy atom. The van der Waals surface area contributed by atoms with E-state index in [0.717, 1.165) is 5.56 Å². The largest absolute Gasteiger partial charge is 0.487 e. The molecule has 4 nitrogen and oxygen atoms in total. The van der Waals surface area contributed by atoms with Crippen LogP contribution in [-0.2, 0) is 15.9 Å². The maximum Gasteiger partial charge on any atom is 0.272 e. The molecule has 0 spiro atoms. The Kier molecular flexibility index (Phi) is 5.44. The Labute approximate surface area is 161 Å². The molecule has 0 aliphatic carbocycles. The van der Waals surface area contributed by atoms with Crippen LogP contribution in [0.5, 0.6) is 5.75 Å². The molecule has 0 aliphatic heterocycles. The molecule has 27 heavy (non-hydrogen) atoms. The van der Waals surface area contributed by atoms with Crippen LogP contribution in [0.3, 0.4) is 0 Å². The van der Waals surface area contributed by atoms with E-state index >= 15 is 0 Å². The molecule has 8 heteroatoms. The van der Waals surface area contributed by atoms with E-state index in [0.29, 0.717) is 22.0 Å². The van der Waals surface area contributed by atoms with Gasteiger partial charge in [0.1, 0.15) is 12.4 Å². The van der Waals surface area contributed by atoms with Gasteiger partial charge in [0.25, 0.3) is 16.4 Å². The van der Waals surface area contributed by atoms with Gasteiger partial charge in [-0.05, 0) is 43.7 Å². The van der Waals surface area contributed by atoms with Gasteiger partial charge >= 0.3 is 0 Å². The quantitative estimate of drug-likeness (QED) is 0.541. The summed E-state index contributed by atoms with van der Waals surface area (Å²) in [6.07, 6.45) is -1.17. The summed E-state index contributed by atoms with van der Waals surface area (Å²) >= 11 is 6.01. The van der Waals surface area contributed by atoms with Crippen LogP contribution in [0.2, 0.25) is 0 Å². The van der Waals surface area contributed by atoms with Crippen molar-refractivity contribution in [3.63, 3.8) is 0 Å². The third-order valence-electron chi connectivity index (χ3n) is 4.27. The van der Waals surface area contributed by atoms with Gasteiger partial charge in [0.2, 0.25) is 0 Å². The minimum atomic E-state index is -3.81. The molecule has 0 amide bonds. The molecule has 0 atom stereocenters. The summed E-state index contributed by atoms with van der Waals surface area (Å²) in [4.78, 5) is 0.162. The first-order valence-corrected chi connectivity index (χ1v) is 10.2. The molecule has 0 unspecified atom stereocenters. The van der Waals surface area contributed by atoms with E-state index in [1.807, 2.05) is 6.92 Å². The number of hydrogen-bond donors (Lipinski definition) is 0. The SMILES string of the molecule is Cc1ccc(S(=O)(=O)n2ccc3c(CCl)c(OCC(F)F)cc(C)c32)cc1. The number of halogens is 3. The molecule has 3 aromatic rings. The van der Waals surface area contributed by atoms with Crippen LogP contribution >= 0.6 is 11.6 Å². The van der Waals surface area contributed by atoms with Crippen molar-refractivity contribution in [2.45, 2.75) is 31.0 Å². The van der Waals surface area contributed by atoms with E-state index in [1.54, 1.807) is 43.3 Å². The second-order valence-corrected chi connectivity index (χ2v) is 8.28. The van der Waals surface area contributed by atoms with Crippen molar-refractivity contribution in [3.05, 3.63) is 59.3 Å². The summed E-state index contributed by atoms with van der Waals surface area (Å²) in [7, 11) is -3.81. The van der Waals surface area contributed by atoms with Crippen molar-refractivity contribution in [1.29, 1.82) is 0 Å². The van der Waals surface area contributed by atoms with Gasteiger partial charge in [-0.3, -0.25) is 0 Å². The first-order chi connectivity index (χ1) is 12.8. The summed E-state index contributed by atoms with van der Waals surface area (Å²) in [6, 6.07) is 9.71. The molecule has 0 radical (unpaired) electrons. The van der Waals surface area contributed by atoms with Crippen LogP contribution < -0.4 is 4.74 Å². The molecule has 0 saturated carbocycles.